The van der Waals surface area contributed by atoms with Crippen molar-refractivity contribution < 1.29 is 19.8 Å². The number of carboxylic acids is 2. The zero-order valence-corrected chi connectivity index (χ0v) is 21.0. The number of unbranched alkanes of at least 4 members (excludes halogenated alkanes) is 12. The third-order valence-corrected chi connectivity index (χ3v) is 4.10. The summed E-state index contributed by atoms with van der Waals surface area (Å²) >= 11 is 0. The van der Waals surface area contributed by atoms with Crippen molar-refractivity contribution in [3.63, 3.8) is 0 Å². The Hall–Kier alpha value is -0.658. The molecule has 0 saturated heterocycles. The second-order valence-electron chi connectivity index (χ2n) is 6.68. The largest absolute Gasteiger partial charge is 0.481 e. The molecule has 27 heavy (non-hydrogen) atoms. The first-order chi connectivity index (χ1) is 12.5. The van der Waals surface area contributed by atoms with Crippen LogP contribution in [0.25, 0.3) is 0 Å². The number of hydrogen-bond acceptors (Lipinski definition) is 2. The summed E-state index contributed by atoms with van der Waals surface area (Å²) in [4.78, 5) is 20.3. The summed E-state index contributed by atoms with van der Waals surface area (Å²) in [6.45, 7) is 7.32. The van der Waals surface area contributed by atoms with E-state index in [2.05, 4.69) is 13.2 Å². The molecule has 0 aliphatic carbocycles. The number of allylic oxidation sites excluding steroid dienone is 2. The van der Waals surface area contributed by atoms with Gasteiger partial charge >= 0.3 is 11.9 Å². The third kappa shape index (κ3) is 36.9. The van der Waals surface area contributed by atoms with Crippen LogP contribution < -0.4 is 0 Å². The first-order valence-corrected chi connectivity index (χ1v) is 10.2. The molecule has 0 aromatic heterocycles. The van der Waals surface area contributed by atoms with Crippen molar-refractivity contribution in [1.82, 2.24) is 0 Å². The van der Waals surface area contributed by atoms with Crippen molar-refractivity contribution in [3.05, 3.63) is 25.3 Å². The minimum atomic E-state index is -0.674. The Morgan fingerprint density at radius 3 is 1.07 bits per heavy atom. The molecule has 4 radical (unpaired) electrons. The van der Waals surface area contributed by atoms with Crippen molar-refractivity contribution >= 4 is 39.2 Å². The van der Waals surface area contributed by atoms with E-state index in [0.717, 1.165) is 38.5 Å². The fourth-order valence-electron chi connectivity index (χ4n) is 2.54. The Labute approximate surface area is 186 Å². The van der Waals surface area contributed by atoms with Crippen molar-refractivity contribution in [2.24, 2.45) is 0 Å². The van der Waals surface area contributed by atoms with Gasteiger partial charge in [0.15, 0.2) is 0 Å². The number of aliphatic carboxylic acids is 2. The molecule has 0 saturated carbocycles. The summed E-state index contributed by atoms with van der Waals surface area (Å²) in [7, 11) is 0. The van der Waals surface area contributed by atoms with Crippen LogP contribution in [0.4, 0.5) is 0 Å². The van der Waals surface area contributed by atoms with E-state index in [0.29, 0.717) is 12.8 Å². The summed E-state index contributed by atoms with van der Waals surface area (Å²) < 4.78 is 0. The van der Waals surface area contributed by atoms with E-state index < -0.39 is 11.9 Å². The molecule has 0 aromatic rings. The van der Waals surface area contributed by atoms with Crippen molar-refractivity contribution in [2.75, 3.05) is 0 Å². The third-order valence-electron chi connectivity index (χ3n) is 4.10. The molecule has 0 aromatic carbocycles. The second-order valence-corrected chi connectivity index (χ2v) is 6.68. The van der Waals surface area contributed by atoms with Crippen LogP contribution in [0, 0.1) is 0 Å². The van der Waals surface area contributed by atoms with Crippen molar-refractivity contribution in [3.8, 4) is 0 Å². The average Bonchev–Trinajstić information content (AvgIpc) is 2.60. The molecule has 156 valence electrons. The Morgan fingerprint density at radius 2 is 0.815 bits per heavy atom. The zero-order valence-electron chi connectivity index (χ0n) is 17.1. The molecule has 0 atom stereocenters. The number of hydrogen-bond donors (Lipinski definition) is 2. The predicted octanol–water partition coefficient (Wildman–Crippen LogP) is 6.37. The maximum Gasteiger partial charge on any atom is 0.303 e. The number of rotatable bonds is 18. The van der Waals surface area contributed by atoms with E-state index in [9.17, 15) is 9.59 Å². The molecule has 2 N–H and O–H groups in total. The van der Waals surface area contributed by atoms with Crippen molar-refractivity contribution in [2.45, 2.75) is 103 Å². The van der Waals surface area contributed by atoms with E-state index >= 15 is 0 Å². The Balaban J connectivity index is -0.000000411. The SMILES string of the molecule is C=CCCCCCCCCC(=O)O.C=CCCCCCCCCC(=O)O.[Pb]. The molecule has 5 heteroatoms. The Bertz CT molecular complexity index is 322. The molecule has 0 spiro atoms. The maximum atomic E-state index is 10.2. The Kier molecular flexibility index (Phi) is 31.7. The topological polar surface area (TPSA) is 74.6 Å². The number of carbonyl (C=O) groups is 2. The molecule has 4 nitrogen and oxygen atoms in total. The van der Waals surface area contributed by atoms with Crippen LogP contribution in [0.1, 0.15) is 103 Å². The van der Waals surface area contributed by atoms with E-state index in [1.165, 1.54) is 51.4 Å². The second kappa shape index (κ2) is 27.6. The van der Waals surface area contributed by atoms with E-state index in [-0.39, 0.29) is 27.3 Å². The van der Waals surface area contributed by atoms with Gasteiger partial charge in [-0.1, -0.05) is 63.5 Å². The monoisotopic (exact) mass is 576 g/mol. The van der Waals surface area contributed by atoms with Gasteiger partial charge in [0.05, 0.1) is 0 Å². The molecule has 0 aliphatic heterocycles. The maximum absolute atomic E-state index is 10.2. The van der Waals surface area contributed by atoms with Gasteiger partial charge in [-0.05, 0) is 38.5 Å². The van der Waals surface area contributed by atoms with Crippen LogP contribution >= 0.6 is 0 Å². The van der Waals surface area contributed by atoms with E-state index in [1.54, 1.807) is 0 Å². The van der Waals surface area contributed by atoms with Gasteiger partial charge in [-0.3, -0.25) is 9.59 Å². The zero-order chi connectivity index (χ0) is 19.9. The minimum absolute atomic E-state index is 0. The molecule has 0 amide bonds. The van der Waals surface area contributed by atoms with Crippen LogP contribution in [0.3, 0.4) is 0 Å². The minimum Gasteiger partial charge on any atom is -0.481 e. The molecule has 0 heterocycles. The van der Waals surface area contributed by atoms with Crippen LogP contribution in [-0.4, -0.2) is 49.5 Å². The van der Waals surface area contributed by atoms with Crippen LogP contribution in [-0.2, 0) is 9.59 Å². The first-order valence-electron chi connectivity index (χ1n) is 10.2. The number of carboxylic acid groups (broad SMARTS) is 2. The predicted molar refractivity (Wildman–Crippen MR) is 115 cm³/mol. The molecule has 0 rings (SSSR count). The molecule has 0 unspecified atom stereocenters. The van der Waals surface area contributed by atoms with Gasteiger partial charge < -0.3 is 10.2 Å². The van der Waals surface area contributed by atoms with E-state index in [1.807, 2.05) is 12.2 Å². The van der Waals surface area contributed by atoms with Gasteiger partial charge in [0, 0.05) is 40.1 Å². The van der Waals surface area contributed by atoms with Gasteiger partial charge in [0.25, 0.3) is 0 Å². The Morgan fingerprint density at radius 1 is 0.556 bits per heavy atom. The fraction of sp³-hybridized carbons (Fsp3) is 0.727. The first kappa shape index (κ1) is 31.0. The fourth-order valence-corrected chi connectivity index (χ4v) is 2.54. The van der Waals surface area contributed by atoms with E-state index in [4.69, 9.17) is 10.2 Å². The van der Waals surface area contributed by atoms with Gasteiger partial charge in [0.1, 0.15) is 0 Å². The smallest absolute Gasteiger partial charge is 0.303 e. The van der Waals surface area contributed by atoms with Gasteiger partial charge in [-0.2, -0.15) is 0 Å². The molecule has 0 fully saturated rings. The normalized spacial score (nSPS) is 9.48. The van der Waals surface area contributed by atoms with Crippen LogP contribution in [0.15, 0.2) is 25.3 Å². The van der Waals surface area contributed by atoms with Crippen LogP contribution in [0.5, 0.6) is 0 Å². The van der Waals surface area contributed by atoms with Gasteiger partial charge in [-0.15, -0.1) is 13.2 Å². The quantitative estimate of drug-likeness (QED) is 0.113. The summed E-state index contributed by atoms with van der Waals surface area (Å²) in [5, 5.41) is 16.8. The molecular formula is C22H40O4Pb. The van der Waals surface area contributed by atoms with Crippen molar-refractivity contribution in [1.29, 1.82) is 0 Å². The summed E-state index contributed by atoms with van der Waals surface area (Å²) in [5.41, 5.74) is 0. The standard InChI is InChI=1S/2C11H20O2.Pb/c2*1-2-3-4-5-6-7-8-9-10-11(12)13;/h2*2H,1,3-10H2,(H,12,13);. The molecular weight excluding hydrogens is 535 g/mol. The summed E-state index contributed by atoms with van der Waals surface area (Å²) in [6.07, 6.45) is 20.3. The van der Waals surface area contributed by atoms with Gasteiger partial charge in [-0.25, -0.2) is 0 Å². The average molecular weight is 576 g/mol. The van der Waals surface area contributed by atoms with Gasteiger partial charge in [0.2, 0.25) is 0 Å². The van der Waals surface area contributed by atoms with Crippen LogP contribution in [0.2, 0.25) is 0 Å². The molecule has 0 aliphatic rings. The molecule has 0 bridgehead atoms. The summed E-state index contributed by atoms with van der Waals surface area (Å²) in [5.74, 6) is -1.35. The summed E-state index contributed by atoms with van der Waals surface area (Å²) in [6, 6.07) is 0.